The molecule has 6 N–H and O–H groups in total. The summed E-state index contributed by atoms with van der Waals surface area (Å²) < 4.78 is 17.4. The standard InChI is InChI=1S/C40H52N2O10Si/c1-23-31(18-11-24-9-12-27(13-10-24)41-39(48)37-35(46)34(45)36(47)40(49)52-37)51-32(38(23)53(3,4)30-16-14-29(50-2)15-17-30)20-33(44)42-21-26-8-6-5-7-25(26)19-28(42)22-43/h5-10,12-17,23,28,31-32,34-38,40,43,45-47,49H,11,18-22H2,1-4H3,(H,41,48)/t23-,28-,31+,32-,34-,35-,36+,37-,38+,40+/m0/s1. The number of fused-ring (bicyclic) bond motifs is 1. The van der Waals surface area contributed by atoms with Gasteiger partial charge in [0.2, 0.25) is 5.91 Å². The van der Waals surface area contributed by atoms with E-state index in [0.717, 1.165) is 23.3 Å². The fourth-order valence-electron chi connectivity index (χ4n) is 8.53. The quantitative estimate of drug-likeness (QED) is 0.159. The Morgan fingerprint density at radius 2 is 1.57 bits per heavy atom. The number of aryl methyl sites for hydroxylation is 1. The number of amides is 2. The van der Waals surface area contributed by atoms with Crippen molar-refractivity contribution >= 4 is 30.8 Å². The molecule has 3 aliphatic heterocycles. The van der Waals surface area contributed by atoms with Crippen molar-refractivity contribution in [1.29, 1.82) is 0 Å². The van der Waals surface area contributed by atoms with Crippen LogP contribution >= 0.6 is 0 Å². The lowest BCUT2D eigenvalue weighted by Crippen LogP contribution is -2.60. The second-order valence-electron chi connectivity index (χ2n) is 15.2. The zero-order valence-corrected chi connectivity index (χ0v) is 31.7. The molecular formula is C40H52N2O10Si. The van der Waals surface area contributed by atoms with Gasteiger partial charge in [-0.05, 0) is 71.7 Å². The third-order valence-electron chi connectivity index (χ3n) is 11.6. The first-order valence-corrected chi connectivity index (χ1v) is 21.4. The molecule has 12 nitrogen and oxygen atoms in total. The van der Waals surface area contributed by atoms with Crippen LogP contribution in [0.5, 0.6) is 5.75 Å². The number of methoxy groups -OCH3 is 1. The summed E-state index contributed by atoms with van der Waals surface area (Å²) >= 11 is 0. The minimum Gasteiger partial charge on any atom is -0.497 e. The summed E-state index contributed by atoms with van der Waals surface area (Å²) in [5.74, 6) is 0.182. The normalized spacial score (nSPS) is 30.1. The lowest BCUT2D eigenvalue weighted by molar-refractivity contribution is -0.274. The second-order valence-corrected chi connectivity index (χ2v) is 19.9. The summed E-state index contributed by atoms with van der Waals surface area (Å²) in [4.78, 5) is 28.8. The molecule has 10 atom stereocenters. The molecule has 0 bridgehead atoms. The van der Waals surface area contributed by atoms with Crippen LogP contribution in [0.3, 0.4) is 0 Å². The summed E-state index contributed by atoms with van der Waals surface area (Å²) in [6.45, 7) is 7.30. The van der Waals surface area contributed by atoms with Gasteiger partial charge in [-0.3, -0.25) is 9.59 Å². The molecule has 53 heavy (non-hydrogen) atoms. The number of carbonyl (C=O) groups is 2. The second kappa shape index (κ2) is 16.4. The number of hydrogen-bond acceptors (Lipinski definition) is 10. The number of aliphatic hydroxyl groups is 5. The first-order valence-electron chi connectivity index (χ1n) is 18.4. The Morgan fingerprint density at radius 1 is 0.887 bits per heavy atom. The van der Waals surface area contributed by atoms with Crippen molar-refractivity contribution in [3.63, 3.8) is 0 Å². The third-order valence-corrected chi connectivity index (χ3v) is 16.0. The van der Waals surface area contributed by atoms with Gasteiger partial charge in [-0.25, -0.2) is 0 Å². The van der Waals surface area contributed by atoms with Crippen molar-refractivity contribution in [3.8, 4) is 5.75 Å². The molecule has 3 aromatic rings. The zero-order chi connectivity index (χ0) is 38.0. The molecule has 2 saturated heterocycles. The minimum atomic E-state index is -2.23. The van der Waals surface area contributed by atoms with Crippen molar-refractivity contribution in [1.82, 2.24) is 4.90 Å². The van der Waals surface area contributed by atoms with E-state index in [1.807, 2.05) is 41.3 Å². The summed E-state index contributed by atoms with van der Waals surface area (Å²) in [7, 11) is -0.573. The van der Waals surface area contributed by atoms with E-state index in [1.165, 1.54) is 10.8 Å². The van der Waals surface area contributed by atoms with Gasteiger partial charge < -0.3 is 50.0 Å². The Kier molecular flexibility index (Phi) is 12.1. The van der Waals surface area contributed by atoms with E-state index < -0.39 is 44.7 Å². The van der Waals surface area contributed by atoms with E-state index in [0.29, 0.717) is 25.1 Å². The predicted molar refractivity (Wildman–Crippen MR) is 200 cm³/mol. The van der Waals surface area contributed by atoms with Gasteiger partial charge in [0.15, 0.2) is 12.4 Å². The van der Waals surface area contributed by atoms with Gasteiger partial charge in [0, 0.05) is 12.2 Å². The highest BCUT2D eigenvalue weighted by atomic mass is 28.3. The van der Waals surface area contributed by atoms with Crippen molar-refractivity contribution < 1.29 is 49.3 Å². The smallest absolute Gasteiger partial charge is 0.256 e. The Bertz CT molecular complexity index is 1720. The minimum absolute atomic E-state index is 0.00934. The third kappa shape index (κ3) is 8.22. The number of benzene rings is 3. The van der Waals surface area contributed by atoms with Crippen molar-refractivity contribution in [2.45, 2.75) is 107 Å². The largest absolute Gasteiger partial charge is 0.497 e. The van der Waals surface area contributed by atoms with Crippen molar-refractivity contribution in [3.05, 3.63) is 89.5 Å². The van der Waals surface area contributed by atoms with Crippen LogP contribution in [0, 0.1) is 5.92 Å². The Balaban J connectivity index is 1.15. The summed E-state index contributed by atoms with van der Waals surface area (Å²) in [5, 5.41) is 53.9. The van der Waals surface area contributed by atoms with Crippen molar-refractivity contribution in [2.75, 3.05) is 19.0 Å². The summed E-state index contributed by atoms with van der Waals surface area (Å²) in [6.07, 6.45) is -6.69. The predicted octanol–water partition coefficient (Wildman–Crippen LogP) is 2.09. The molecule has 0 radical (unpaired) electrons. The molecule has 2 amide bonds. The van der Waals surface area contributed by atoms with Gasteiger partial charge in [0.1, 0.15) is 24.1 Å². The maximum Gasteiger partial charge on any atom is 0.256 e. The molecule has 6 rings (SSSR count). The fourth-order valence-corrected chi connectivity index (χ4v) is 12.6. The number of carbonyl (C=O) groups excluding carboxylic acids is 2. The number of rotatable bonds is 11. The first kappa shape index (κ1) is 39.0. The van der Waals surface area contributed by atoms with Crippen molar-refractivity contribution in [2.24, 2.45) is 5.92 Å². The lowest BCUT2D eigenvalue weighted by Gasteiger charge is -2.39. The molecule has 2 fully saturated rings. The molecule has 0 aromatic heterocycles. The molecule has 3 aromatic carbocycles. The van der Waals surface area contributed by atoms with Gasteiger partial charge in [-0.1, -0.05) is 73.7 Å². The molecular weight excluding hydrogens is 697 g/mol. The lowest BCUT2D eigenvalue weighted by atomic mass is 9.93. The van der Waals surface area contributed by atoms with Crippen LogP contribution in [0.2, 0.25) is 18.6 Å². The molecule has 3 heterocycles. The van der Waals surface area contributed by atoms with Crippen LogP contribution in [0.1, 0.15) is 36.5 Å². The van der Waals surface area contributed by atoms with E-state index in [-0.39, 0.29) is 48.6 Å². The molecule has 0 spiro atoms. The van der Waals surface area contributed by atoms with E-state index in [1.54, 1.807) is 19.2 Å². The number of nitrogens with one attached hydrogen (secondary N) is 1. The van der Waals surface area contributed by atoms with Gasteiger partial charge in [-0.15, -0.1) is 0 Å². The first-order chi connectivity index (χ1) is 25.3. The highest BCUT2D eigenvalue weighted by Crippen LogP contribution is 2.47. The van der Waals surface area contributed by atoms with Gasteiger partial charge in [-0.2, -0.15) is 0 Å². The average Bonchev–Trinajstić information content (AvgIpc) is 3.48. The van der Waals surface area contributed by atoms with Crippen LogP contribution in [0.4, 0.5) is 5.69 Å². The monoisotopic (exact) mass is 748 g/mol. The van der Waals surface area contributed by atoms with E-state index in [2.05, 4.69) is 49.6 Å². The Labute approximate surface area is 311 Å². The number of nitrogens with zero attached hydrogens (tertiary/aromatic N) is 1. The van der Waals surface area contributed by atoms with Crippen LogP contribution in [0.15, 0.2) is 72.8 Å². The van der Waals surface area contributed by atoms with Gasteiger partial charge >= 0.3 is 0 Å². The van der Waals surface area contributed by atoms with E-state index in [9.17, 15) is 35.1 Å². The molecule has 0 saturated carbocycles. The maximum atomic E-state index is 14.1. The van der Waals surface area contributed by atoms with E-state index in [4.69, 9.17) is 14.2 Å². The highest BCUT2D eigenvalue weighted by Gasteiger charge is 2.51. The summed E-state index contributed by atoms with van der Waals surface area (Å²) in [5.41, 5.74) is 3.86. The fraction of sp³-hybridized carbons (Fsp3) is 0.500. The van der Waals surface area contributed by atoms with E-state index >= 15 is 0 Å². The number of hydrogen-bond donors (Lipinski definition) is 6. The van der Waals surface area contributed by atoms with Crippen LogP contribution in [-0.2, 0) is 38.4 Å². The maximum absolute atomic E-state index is 14.1. The number of aliphatic hydroxyl groups excluding tert-OH is 5. The average molecular weight is 749 g/mol. The SMILES string of the molecule is COc1ccc([Si](C)(C)[C@@H]2[C@@H](C)[C@@H](CCc3ccc(NC(=O)[C@H]4O[C@@H](O)[C@H](O)[C@@H](O)[C@@H]4O)cc3)O[C@H]2CC(=O)N2Cc3ccccc3C[C@H]2CO)cc1. The molecule has 286 valence electrons. The molecule has 0 aliphatic carbocycles. The highest BCUT2D eigenvalue weighted by molar-refractivity contribution is 6.91. The van der Waals surface area contributed by atoms with Crippen LogP contribution in [0.25, 0.3) is 0 Å². The number of ether oxygens (including phenoxy) is 3. The molecule has 3 aliphatic rings. The van der Waals surface area contributed by atoms with Gasteiger partial charge in [0.05, 0.1) is 46.5 Å². The Hall–Kier alpha value is -3.66. The summed E-state index contributed by atoms with van der Waals surface area (Å²) in [6, 6.07) is 23.3. The molecule has 0 unspecified atom stereocenters. The Morgan fingerprint density at radius 3 is 2.23 bits per heavy atom. The molecule has 13 heteroatoms. The van der Waals surface area contributed by atoms with Crippen LogP contribution in [-0.4, -0.2) is 113 Å². The number of anilines is 1. The van der Waals surface area contributed by atoms with Gasteiger partial charge in [0.25, 0.3) is 5.91 Å². The topological polar surface area (TPSA) is 178 Å². The zero-order valence-electron chi connectivity index (χ0n) is 30.7. The van der Waals surface area contributed by atoms with Crippen LogP contribution < -0.4 is 15.2 Å².